The summed E-state index contributed by atoms with van der Waals surface area (Å²) in [4.78, 5) is 11.8. The Morgan fingerprint density at radius 2 is 0.657 bits per heavy atom. The lowest BCUT2D eigenvalue weighted by atomic mass is 9.70. The number of aromatic nitrogens is 2. The molecule has 0 spiro atoms. The van der Waals surface area contributed by atoms with Gasteiger partial charge >= 0.3 is 0 Å². The number of nitrogens with zero attached hydrogens (tertiary/aromatic N) is 2. The summed E-state index contributed by atoms with van der Waals surface area (Å²) in [6.45, 7) is 0. The lowest BCUT2D eigenvalue weighted by molar-refractivity contribution is 0.560. The number of hydrogen-bond donors (Lipinski definition) is 0. The number of fused-ring (bicyclic) bond motifs is 20. The molecule has 0 saturated carbocycles. The first-order valence-corrected chi connectivity index (χ1v) is 26.9. The molecule has 16 bridgehead atoms. The SMILES string of the molecule is C1=CC2CCC1c1c2c2cc3nc(c(-c4ccccc4)c4sc(c5c4C4C=CC5CC4)c4sc(c(-c5ccccc5)c5nc(cc1s2)-c1ccccc1-5)c1c4C2C=CC1CC2)-c1ccccc1-3. The molecule has 2 aliphatic heterocycles. The Kier molecular flexibility index (Phi) is 7.98. The molecule has 6 unspecified atom stereocenters. The summed E-state index contributed by atoms with van der Waals surface area (Å²) in [7, 11) is 0. The standard InChI is InChI=1S/C62H44N2S3/c1-3-11-33(12-4-1)55-57-43-17-9-7-15-41(43)45(63-57)31-47-49-35-19-21-36(22-20-35)50(49)48(65-47)32-46-42-16-8-10-18-44(42)58(64-46)56(34-13-5-2-6-14-34)60-52-38-25-29-40(30-26-38)54(52)62(67-60)61-53-39-27-23-37(24-28-39)51(53)59(55)66-61/h1-19,21,23,25,27,29,31-32,35-40H,20,22,24,26,28,30H2. The highest BCUT2D eigenvalue weighted by atomic mass is 32.1. The van der Waals surface area contributed by atoms with Gasteiger partial charge in [0.25, 0.3) is 0 Å². The number of hydrogen-bond acceptors (Lipinski definition) is 5. The Morgan fingerprint density at radius 3 is 1.03 bits per heavy atom. The van der Waals surface area contributed by atoms with Gasteiger partial charge in [-0.1, -0.05) is 146 Å². The molecule has 6 heterocycles. The molecule has 2 nitrogen and oxygen atoms in total. The van der Waals surface area contributed by atoms with Crippen LogP contribution < -0.4 is 0 Å². The van der Waals surface area contributed by atoms with E-state index in [1.807, 2.05) is 11.3 Å². The predicted octanol–water partition coefficient (Wildman–Crippen LogP) is 18.2. The fraction of sp³-hybridized carbons (Fsp3) is 0.194. The molecule has 0 N–H and O–H groups in total. The third kappa shape index (κ3) is 5.31. The van der Waals surface area contributed by atoms with E-state index < -0.39 is 0 Å². The van der Waals surface area contributed by atoms with Crippen LogP contribution in [0.4, 0.5) is 0 Å². The fourth-order valence-corrected chi connectivity index (χ4v) is 18.1. The van der Waals surface area contributed by atoms with Crippen LogP contribution in [0.2, 0.25) is 0 Å². The molecule has 4 aromatic carbocycles. The van der Waals surface area contributed by atoms with Crippen LogP contribution in [0.25, 0.3) is 95.5 Å². The summed E-state index contributed by atoms with van der Waals surface area (Å²) in [6, 6.07) is 45.6. The summed E-state index contributed by atoms with van der Waals surface area (Å²) in [5.74, 6) is 2.40. The zero-order valence-electron chi connectivity index (χ0n) is 36.8. The second-order valence-electron chi connectivity index (χ2n) is 19.9. The monoisotopic (exact) mass is 912 g/mol. The van der Waals surface area contributed by atoms with Crippen molar-refractivity contribution in [3.05, 3.63) is 191 Å². The van der Waals surface area contributed by atoms with Gasteiger partial charge in [0, 0.05) is 97.1 Å². The van der Waals surface area contributed by atoms with Gasteiger partial charge in [0.1, 0.15) is 0 Å². The summed E-state index contributed by atoms with van der Waals surface area (Å²) in [5, 5.41) is 0. The largest absolute Gasteiger partial charge is 0.247 e. The summed E-state index contributed by atoms with van der Waals surface area (Å²) in [5.41, 5.74) is 23.7. The lowest BCUT2D eigenvalue weighted by Gasteiger charge is -2.33. The maximum atomic E-state index is 5.88. The maximum absolute atomic E-state index is 5.88. The van der Waals surface area contributed by atoms with Crippen molar-refractivity contribution >= 4 is 62.2 Å². The number of benzene rings is 4. The molecule has 8 aromatic rings. The molecule has 0 fully saturated rings. The van der Waals surface area contributed by atoms with Gasteiger partial charge in [-0.3, -0.25) is 0 Å². The van der Waals surface area contributed by atoms with Crippen LogP contribution in [-0.4, -0.2) is 9.97 Å². The number of rotatable bonds is 2. The molecule has 11 aliphatic rings. The van der Waals surface area contributed by atoms with Crippen molar-refractivity contribution in [1.29, 1.82) is 0 Å². The highest BCUT2D eigenvalue weighted by molar-refractivity contribution is 7.31. The van der Waals surface area contributed by atoms with Crippen LogP contribution in [0.5, 0.6) is 0 Å². The Bertz CT molecular complexity index is 3560. The van der Waals surface area contributed by atoms with E-state index in [9.17, 15) is 0 Å². The molecule has 4 aromatic heterocycles. The van der Waals surface area contributed by atoms with Gasteiger partial charge in [0.15, 0.2) is 0 Å². The van der Waals surface area contributed by atoms with Crippen molar-refractivity contribution in [2.45, 2.75) is 74.0 Å². The number of allylic oxidation sites excluding steroid dienone is 6. The molecule has 320 valence electrons. The van der Waals surface area contributed by atoms with E-state index in [0.29, 0.717) is 35.5 Å². The van der Waals surface area contributed by atoms with Gasteiger partial charge in [0.05, 0.1) is 22.8 Å². The lowest BCUT2D eigenvalue weighted by Crippen LogP contribution is -2.16. The minimum atomic E-state index is 0.385. The van der Waals surface area contributed by atoms with E-state index in [0.717, 1.165) is 22.8 Å². The fourth-order valence-electron chi connectivity index (χ4n) is 13.6. The van der Waals surface area contributed by atoms with Gasteiger partial charge in [-0.15, -0.1) is 34.0 Å². The molecule has 0 radical (unpaired) electrons. The normalized spacial score (nSPS) is 22.7. The minimum absolute atomic E-state index is 0.385. The topological polar surface area (TPSA) is 25.8 Å². The number of thiophene rings is 3. The molecule has 6 atom stereocenters. The van der Waals surface area contributed by atoms with E-state index >= 15 is 0 Å². The van der Waals surface area contributed by atoms with E-state index in [2.05, 4.69) is 180 Å². The van der Waals surface area contributed by atoms with Gasteiger partial charge in [-0.05, 0) is 95.2 Å². The van der Waals surface area contributed by atoms with Crippen molar-refractivity contribution in [1.82, 2.24) is 9.97 Å². The highest BCUT2D eigenvalue weighted by Crippen LogP contribution is 2.61. The molecular formula is C62H44N2S3. The maximum Gasteiger partial charge on any atom is 0.0808 e. The smallest absolute Gasteiger partial charge is 0.0808 e. The van der Waals surface area contributed by atoms with E-state index in [1.165, 1.54) is 122 Å². The van der Waals surface area contributed by atoms with Crippen LogP contribution in [0.15, 0.2) is 158 Å². The second-order valence-corrected chi connectivity index (χ2v) is 23.0. The molecular weight excluding hydrogens is 869 g/mol. The van der Waals surface area contributed by atoms with Crippen molar-refractivity contribution < 1.29 is 0 Å². The van der Waals surface area contributed by atoms with Crippen LogP contribution in [0, 0.1) is 0 Å². The zero-order chi connectivity index (χ0) is 43.5. The summed E-state index contributed by atoms with van der Waals surface area (Å²) < 4.78 is 8.51. The molecule has 5 heteroatoms. The van der Waals surface area contributed by atoms with Gasteiger partial charge in [-0.25, -0.2) is 9.97 Å². The Balaban J connectivity index is 1.17. The Morgan fingerprint density at radius 1 is 0.328 bits per heavy atom. The second kappa shape index (κ2) is 14.1. The molecule has 19 rings (SSSR count). The minimum Gasteiger partial charge on any atom is -0.247 e. The summed E-state index contributed by atoms with van der Waals surface area (Å²) in [6.07, 6.45) is 22.4. The zero-order valence-corrected chi connectivity index (χ0v) is 39.3. The van der Waals surface area contributed by atoms with E-state index in [1.54, 1.807) is 22.3 Å². The van der Waals surface area contributed by atoms with Crippen molar-refractivity contribution in [2.75, 3.05) is 0 Å². The molecule has 0 amide bonds. The van der Waals surface area contributed by atoms with Gasteiger partial charge in [0.2, 0.25) is 0 Å². The Labute approximate surface area is 402 Å². The summed E-state index contributed by atoms with van der Waals surface area (Å²) >= 11 is 6.12. The predicted molar refractivity (Wildman–Crippen MR) is 284 cm³/mol. The quantitative estimate of drug-likeness (QED) is 0.162. The van der Waals surface area contributed by atoms with Crippen LogP contribution in [0.3, 0.4) is 0 Å². The molecule has 0 saturated heterocycles. The van der Waals surface area contributed by atoms with E-state index in [-0.39, 0.29) is 0 Å². The first kappa shape index (κ1) is 37.8. The van der Waals surface area contributed by atoms with Crippen molar-refractivity contribution in [3.8, 4) is 67.3 Å². The van der Waals surface area contributed by atoms with Gasteiger partial charge in [-0.2, -0.15) is 0 Å². The third-order valence-electron chi connectivity index (χ3n) is 16.5. The third-order valence-corrected chi connectivity index (χ3v) is 20.3. The Hall–Kier alpha value is -6.24. The van der Waals surface area contributed by atoms with E-state index in [4.69, 9.17) is 9.97 Å². The highest BCUT2D eigenvalue weighted by Gasteiger charge is 2.40. The average molecular weight is 913 g/mol. The average Bonchev–Trinajstić information content (AvgIpc) is 4.24. The van der Waals surface area contributed by atoms with Crippen molar-refractivity contribution in [2.24, 2.45) is 0 Å². The first-order chi connectivity index (χ1) is 33.2. The van der Waals surface area contributed by atoms with Crippen LogP contribution >= 0.6 is 34.0 Å². The van der Waals surface area contributed by atoms with Crippen LogP contribution in [-0.2, 0) is 0 Å². The first-order valence-electron chi connectivity index (χ1n) is 24.4. The molecule has 9 aliphatic carbocycles. The van der Waals surface area contributed by atoms with Crippen molar-refractivity contribution in [3.63, 3.8) is 0 Å². The van der Waals surface area contributed by atoms with Crippen LogP contribution in [0.1, 0.15) is 107 Å². The molecule has 67 heavy (non-hydrogen) atoms. The van der Waals surface area contributed by atoms with Gasteiger partial charge < -0.3 is 0 Å².